The second kappa shape index (κ2) is 4.78. The van der Waals surface area contributed by atoms with Crippen molar-refractivity contribution in [3.63, 3.8) is 0 Å². The van der Waals surface area contributed by atoms with Gasteiger partial charge in [0.15, 0.2) is 0 Å². The Morgan fingerprint density at radius 3 is 2.67 bits per heavy atom. The number of carbonyl (C=O) groups is 2. The third kappa shape index (κ3) is 2.14. The molecule has 1 aliphatic heterocycles. The third-order valence-corrected chi connectivity index (χ3v) is 3.21. The molecule has 3 rings (SSSR count). The zero-order chi connectivity index (χ0) is 15.0. The number of anilines is 1. The molecule has 2 aromatic rings. The molecule has 0 spiro atoms. The van der Waals surface area contributed by atoms with E-state index in [1.807, 2.05) is 0 Å². The number of nitro groups is 1. The standard InChI is InChI=1S/C14H9N3O4/c18-13-11-7-10(17(20)21)4-5-12(11)16(14(13)19)8-9-3-1-2-6-15-9/h1-7H,8H2. The molecule has 7 heteroatoms. The van der Waals surface area contributed by atoms with Crippen LogP contribution in [0.25, 0.3) is 0 Å². The number of rotatable bonds is 3. The molecular formula is C14H9N3O4. The number of non-ortho nitro benzene ring substituents is 1. The molecule has 0 bridgehead atoms. The zero-order valence-electron chi connectivity index (χ0n) is 10.7. The number of amides is 1. The number of Topliss-reactive ketones (excluding diaryl/α,β-unsaturated/α-hetero) is 1. The lowest BCUT2D eigenvalue weighted by molar-refractivity contribution is -0.384. The Morgan fingerprint density at radius 1 is 1.19 bits per heavy atom. The molecule has 1 aliphatic rings. The van der Waals surface area contributed by atoms with E-state index in [1.165, 1.54) is 17.0 Å². The van der Waals surface area contributed by atoms with Gasteiger partial charge in [-0.2, -0.15) is 0 Å². The average Bonchev–Trinajstić information content (AvgIpc) is 2.73. The predicted octanol–water partition coefficient (Wildman–Crippen LogP) is 1.72. The van der Waals surface area contributed by atoms with E-state index in [9.17, 15) is 19.7 Å². The van der Waals surface area contributed by atoms with E-state index in [2.05, 4.69) is 4.98 Å². The van der Waals surface area contributed by atoms with E-state index in [0.717, 1.165) is 6.07 Å². The summed E-state index contributed by atoms with van der Waals surface area (Å²) < 4.78 is 0. The van der Waals surface area contributed by atoms with Crippen LogP contribution < -0.4 is 4.90 Å². The van der Waals surface area contributed by atoms with Crippen LogP contribution in [0.4, 0.5) is 11.4 Å². The summed E-state index contributed by atoms with van der Waals surface area (Å²) in [4.78, 5) is 39.5. The highest BCUT2D eigenvalue weighted by atomic mass is 16.6. The van der Waals surface area contributed by atoms with Crippen LogP contribution in [0.5, 0.6) is 0 Å². The van der Waals surface area contributed by atoms with E-state index < -0.39 is 16.6 Å². The maximum atomic E-state index is 12.0. The summed E-state index contributed by atoms with van der Waals surface area (Å²) in [6, 6.07) is 9.09. The normalized spacial score (nSPS) is 13.4. The van der Waals surface area contributed by atoms with Gasteiger partial charge in [0.05, 0.1) is 28.4 Å². The van der Waals surface area contributed by atoms with Crippen molar-refractivity contribution in [2.45, 2.75) is 6.54 Å². The number of hydrogen-bond acceptors (Lipinski definition) is 5. The fourth-order valence-corrected chi connectivity index (χ4v) is 2.21. The fraction of sp³-hybridized carbons (Fsp3) is 0.0714. The van der Waals surface area contributed by atoms with Gasteiger partial charge in [-0.05, 0) is 18.2 Å². The predicted molar refractivity (Wildman–Crippen MR) is 72.9 cm³/mol. The SMILES string of the molecule is O=C1C(=O)N(Cc2ccccn2)c2ccc([N+](=O)[O-])cc21. The summed E-state index contributed by atoms with van der Waals surface area (Å²) in [5.41, 5.74) is 0.853. The number of fused-ring (bicyclic) bond motifs is 1. The van der Waals surface area contributed by atoms with Gasteiger partial charge in [0, 0.05) is 18.3 Å². The van der Waals surface area contributed by atoms with Crippen LogP contribution in [0.1, 0.15) is 16.1 Å². The topological polar surface area (TPSA) is 93.4 Å². The van der Waals surface area contributed by atoms with Crippen molar-refractivity contribution < 1.29 is 14.5 Å². The van der Waals surface area contributed by atoms with Crippen LogP contribution in [0.2, 0.25) is 0 Å². The van der Waals surface area contributed by atoms with Gasteiger partial charge in [-0.1, -0.05) is 6.07 Å². The van der Waals surface area contributed by atoms with Crippen LogP contribution in [-0.2, 0) is 11.3 Å². The van der Waals surface area contributed by atoms with Crippen molar-refractivity contribution >= 4 is 23.1 Å². The summed E-state index contributed by atoms with van der Waals surface area (Å²) in [5.74, 6) is -1.43. The first-order valence-corrected chi connectivity index (χ1v) is 6.12. The Balaban J connectivity index is 2.00. The van der Waals surface area contributed by atoms with Crippen molar-refractivity contribution in [1.29, 1.82) is 0 Å². The maximum absolute atomic E-state index is 12.0. The Kier molecular flexibility index (Phi) is 2.94. The summed E-state index contributed by atoms with van der Waals surface area (Å²) in [6.45, 7) is 0.149. The van der Waals surface area contributed by atoms with Gasteiger partial charge >= 0.3 is 0 Å². The summed E-state index contributed by atoms with van der Waals surface area (Å²) >= 11 is 0. The van der Waals surface area contributed by atoms with Gasteiger partial charge in [-0.3, -0.25) is 29.6 Å². The maximum Gasteiger partial charge on any atom is 0.299 e. The molecule has 0 saturated carbocycles. The average molecular weight is 283 g/mol. The minimum atomic E-state index is -0.732. The van der Waals surface area contributed by atoms with Crippen LogP contribution >= 0.6 is 0 Å². The van der Waals surface area contributed by atoms with Crippen molar-refractivity contribution in [3.8, 4) is 0 Å². The second-order valence-corrected chi connectivity index (χ2v) is 4.50. The van der Waals surface area contributed by atoms with Gasteiger partial charge in [-0.15, -0.1) is 0 Å². The first-order valence-electron chi connectivity index (χ1n) is 6.12. The lowest BCUT2D eigenvalue weighted by atomic mass is 10.1. The molecule has 0 atom stereocenters. The molecule has 0 radical (unpaired) electrons. The molecule has 7 nitrogen and oxygen atoms in total. The lowest BCUT2D eigenvalue weighted by Crippen LogP contribution is -2.29. The molecule has 0 saturated heterocycles. The summed E-state index contributed by atoms with van der Waals surface area (Å²) in [6.07, 6.45) is 1.59. The number of benzene rings is 1. The van der Waals surface area contributed by atoms with Gasteiger partial charge in [0.1, 0.15) is 0 Å². The van der Waals surface area contributed by atoms with Crippen molar-refractivity contribution in [2.24, 2.45) is 0 Å². The fourth-order valence-electron chi connectivity index (χ4n) is 2.21. The molecule has 2 heterocycles. The number of aromatic nitrogens is 1. The Bertz CT molecular complexity index is 758. The highest BCUT2D eigenvalue weighted by molar-refractivity contribution is 6.52. The number of ketones is 1. The second-order valence-electron chi connectivity index (χ2n) is 4.50. The lowest BCUT2D eigenvalue weighted by Gasteiger charge is -2.15. The zero-order valence-corrected chi connectivity index (χ0v) is 10.7. The van der Waals surface area contributed by atoms with Crippen LogP contribution in [-0.4, -0.2) is 21.6 Å². The van der Waals surface area contributed by atoms with Gasteiger partial charge in [-0.25, -0.2) is 0 Å². The minimum absolute atomic E-state index is 0.0603. The minimum Gasteiger partial charge on any atom is -0.299 e. The molecule has 0 unspecified atom stereocenters. The number of nitro benzene ring substituents is 1. The number of pyridine rings is 1. The highest BCUT2D eigenvalue weighted by Crippen LogP contribution is 2.32. The Morgan fingerprint density at radius 2 is 2.00 bits per heavy atom. The van der Waals surface area contributed by atoms with Crippen LogP contribution in [0, 0.1) is 10.1 Å². The molecular weight excluding hydrogens is 274 g/mol. The summed E-state index contributed by atoms with van der Waals surface area (Å²) in [5, 5.41) is 10.7. The summed E-state index contributed by atoms with van der Waals surface area (Å²) in [7, 11) is 0. The quantitative estimate of drug-likeness (QED) is 0.485. The van der Waals surface area contributed by atoms with E-state index >= 15 is 0 Å². The molecule has 0 fully saturated rings. The van der Waals surface area contributed by atoms with Crippen molar-refractivity contribution in [3.05, 3.63) is 64.0 Å². The molecule has 0 aliphatic carbocycles. The van der Waals surface area contributed by atoms with Crippen molar-refractivity contribution in [1.82, 2.24) is 4.98 Å². The Labute approximate surface area is 119 Å². The Hall–Kier alpha value is -3.09. The van der Waals surface area contributed by atoms with Crippen LogP contribution in [0.15, 0.2) is 42.6 Å². The number of carbonyl (C=O) groups excluding carboxylic acids is 2. The van der Waals surface area contributed by atoms with E-state index in [1.54, 1.807) is 24.4 Å². The van der Waals surface area contributed by atoms with E-state index in [4.69, 9.17) is 0 Å². The molecule has 21 heavy (non-hydrogen) atoms. The largest absolute Gasteiger partial charge is 0.299 e. The molecule has 1 aromatic heterocycles. The molecule has 1 aromatic carbocycles. The molecule has 104 valence electrons. The van der Waals surface area contributed by atoms with Gasteiger partial charge < -0.3 is 0 Å². The first-order chi connectivity index (χ1) is 10.1. The monoisotopic (exact) mass is 283 g/mol. The molecule has 1 amide bonds. The first kappa shape index (κ1) is 12.9. The van der Waals surface area contributed by atoms with E-state index in [-0.39, 0.29) is 17.8 Å². The van der Waals surface area contributed by atoms with Gasteiger partial charge in [0.2, 0.25) is 0 Å². The van der Waals surface area contributed by atoms with E-state index in [0.29, 0.717) is 11.4 Å². The third-order valence-electron chi connectivity index (χ3n) is 3.21. The number of nitrogens with zero attached hydrogens (tertiary/aromatic N) is 3. The molecule has 0 N–H and O–H groups in total. The van der Waals surface area contributed by atoms with Crippen LogP contribution in [0.3, 0.4) is 0 Å². The highest BCUT2D eigenvalue weighted by Gasteiger charge is 2.37. The van der Waals surface area contributed by atoms with Crippen molar-refractivity contribution in [2.75, 3.05) is 4.90 Å². The smallest absolute Gasteiger partial charge is 0.299 e. The number of hydrogen-bond donors (Lipinski definition) is 0. The van der Waals surface area contributed by atoms with Gasteiger partial charge in [0.25, 0.3) is 17.4 Å².